The van der Waals surface area contributed by atoms with Crippen LogP contribution in [0.2, 0.25) is 0 Å². The molecular formula is C11H21F3O2. The molecule has 0 aliphatic heterocycles. The van der Waals surface area contributed by atoms with Gasteiger partial charge in [0.15, 0.2) is 6.29 Å². The molecule has 0 bridgehead atoms. The van der Waals surface area contributed by atoms with Gasteiger partial charge in [-0.2, -0.15) is 13.2 Å². The number of rotatable bonds is 4. The van der Waals surface area contributed by atoms with E-state index in [0.29, 0.717) is 0 Å². The first kappa shape index (κ1) is 15.7. The van der Waals surface area contributed by atoms with Gasteiger partial charge in [0.1, 0.15) is 6.61 Å². The van der Waals surface area contributed by atoms with E-state index in [4.69, 9.17) is 0 Å². The molecule has 2 nitrogen and oxygen atoms in total. The summed E-state index contributed by atoms with van der Waals surface area (Å²) in [6, 6.07) is 0. The number of halogens is 3. The van der Waals surface area contributed by atoms with E-state index >= 15 is 0 Å². The normalized spacial score (nSPS) is 17.6. The highest BCUT2D eigenvalue weighted by Gasteiger charge is 2.37. The SMILES string of the molecule is CC(C)C(C(O)OCC(F)(F)F)C(C)(C)C. The molecule has 0 saturated carbocycles. The monoisotopic (exact) mass is 242 g/mol. The van der Waals surface area contributed by atoms with Gasteiger partial charge in [0.2, 0.25) is 0 Å². The average molecular weight is 242 g/mol. The lowest BCUT2D eigenvalue weighted by atomic mass is 9.74. The maximum atomic E-state index is 11.9. The van der Waals surface area contributed by atoms with Gasteiger partial charge in [-0.1, -0.05) is 34.6 Å². The van der Waals surface area contributed by atoms with E-state index in [1.54, 1.807) is 0 Å². The van der Waals surface area contributed by atoms with Crippen molar-refractivity contribution in [3.05, 3.63) is 0 Å². The molecule has 0 rings (SSSR count). The summed E-state index contributed by atoms with van der Waals surface area (Å²) < 4.78 is 40.3. The minimum atomic E-state index is -4.40. The van der Waals surface area contributed by atoms with Crippen LogP contribution in [-0.4, -0.2) is 24.2 Å². The molecule has 0 aromatic rings. The van der Waals surface area contributed by atoms with E-state index < -0.39 is 19.1 Å². The molecule has 0 saturated heterocycles. The fourth-order valence-corrected chi connectivity index (χ4v) is 2.04. The molecule has 0 spiro atoms. The number of alkyl halides is 3. The van der Waals surface area contributed by atoms with Crippen LogP contribution in [-0.2, 0) is 4.74 Å². The number of hydrogen-bond donors (Lipinski definition) is 1. The summed E-state index contributed by atoms with van der Waals surface area (Å²) >= 11 is 0. The standard InChI is InChI=1S/C11H21F3O2/c1-7(2)8(10(3,4)5)9(15)16-6-11(12,13)14/h7-9,15H,6H2,1-5H3. The highest BCUT2D eigenvalue weighted by atomic mass is 19.4. The van der Waals surface area contributed by atoms with E-state index in [1.165, 1.54) is 0 Å². The maximum Gasteiger partial charge on any atom is 0.411 e. The molecule has 0 amide bonds. The van der Waals surface area contributed by atoms with Crippen molar-refractivity contribution in [2.24, 2.45) is 17.3 Å². The van der Waals surface area contributed by atoms with E-state index in [2.05, 4.69) is 4.74 Å². The number of ether oxygens (including phenoxy) is 1. The molecule has 0 aliphatic rings. The topological polar surface area (TPSA) is 29.5 Å². The summed E-state index contributed by atoms with van der Waals surface area (Å²) in [5.74, 6) is -0.293. The fraction of sp³-hybridized carbons (Fsp3) is 1.00. The van der Waals surface area contributed by atoms with Gasteiger partial charge in [-0.15, -0.1) is 0 Å². The summed E-state index contributed by atoms with van der Waals surface area (Å²) in [5, 5.41) is 9.66. The molecule has 1 N–H and O–H groups in total. The van der Waals surface area contributed by atoms with E-state index in [0.717, 1.165) is 0 Å². The van der Waals surface area contributed by atoms with Gasteiger partial charge >= 0.3 is 6.18 Å². The molecule has 16 heavy (non-hydrogen) atoms. The molecule has 98 valence electrons. The molecule has 0 aliphatic carbocycles. The molecule has 2 atom stereocenters. The zero-order valence-electron chi connectivity index (χ0n) is 10.4. The summed E-state index contributed by atoms with van der Waals surface area (Å²) in [7, 11) is 0. The van der Waals surface area contributed by atoms with Crippen molar-refractivity contribution in [3.8, 4) is 0 Å². The Balaban J connectivity index is 4.47. The lowest BCUT2D eigenvalue weighted by molar-refractivity contribution is -0.241. The molecule has 5 heteroatoms. The second kappa shape index (κ2) is 5.36. The van der Waals surface area contributed by atoms with Gasteiger partial charge in [-0.25, -0.2) is 0 Å². The van der Waals surface area contributed by atoms with Gasteiger partial charge in [-0.3, -0.25) is 0 Å². The Morgan fingerprint density at radius 2 is 1.56 bits per heavy atom. The van der Waals surface area contributed by atoms with Crippen molar-refractivity contribution in [1.82, 2.24) is 0 Å². The van der Waals surface area contributed by atoms with E-state index in [9.17, 15) is 18.3 Å². The summed E-state index contributed by atoms with van der Waals surface area (Å²) in [4.78, 5) is 0. The van der Waals surface area contributed by atoms with Gasteiger partial charge in [0, 0.05) is 5.92 Å². The third-order valence-corrected chi connectivity index (χ3v) is 2.44. The van der Waals surface area contributed by atoms with Crippen LogP contribution >= 0.6 is 0 Å². The first-order chi connectivity index (χ1) is 6.95. The Hall–Kier alpha value is -0.290. The Bertz CT molecular complexity index is 206. The first-order valence-corrected chi connectivity index (χ1v) is 5.31. The zero-order valence-corrected chi connectivity index (χ0v) is 10.4. The molecule has 0 radical (unpaired) electrons. The molecule has 0 aromatic carbocycles. The maximum absolute atomic E-state index is 11.9. The Morgan fingerprint density at radius 1 is 1.12 bits per heavy atom. The summed E-state index contributed by atoms with van der Waals surface area (Å²) in [6.07, 6.45) is -5.79. The third-order valence-electron chi connectivity index (χ3n) is 2.44. The van der Waals surface area contributed by atoms with Crippen LogP contribution in [0.3, 0.4) is 0 Å². The predicted molar refractivity (Wildman–Crippen MR) is 55.8 cm³/mol. The Morgan fingerprint density at radius 3 is 1.81 bits per heavy atom. The van der Waals surface area contributed by atoms with Gasteiger partial charge in [-0.05, 0) is 11.3 Å². The second-order valence-corrected chi connectivity index (χ2v) is 5.45. The van der Waals surface area contributed by atoms with Crippen molar-refractivity contribution in [3.63, 3.8) is 0 Å². The van der Waals surface area contributed by atoms with E-state index in [1.807, 2.05) is 34.6 Å². The molecule has 0 aromatic heterocycles. The Labute approximate surface area is 94.8 Å². The lowest BCUT2D eigenvalue weighted by Gasteiger charge is -2.37. The fourth-order valence-electron chi connectivity index (χ4n) is 2.04. The first-order valence-electron chi connectivity index (χ1n) is 5.31. The van der Waals surface area contributed by atoms with Crippen molar-refractivity contribution in [2.75, 3.05) is 6.61 Å². The average Bonchev–Trinajstić information content (AvgIpc) is 1.95. The highest BCUT2D eigenvalue weighted by molar-refractivity contribution is 4.79. The molecule has 0 fully saturated rings. The van der Waals surface area contributed by atoms with Crippen LogP contribution < -0.4 is 0 Å². The van der Waals surface area contributed by atoms with Crippen LogP contribution in [0.15, 0.2) is 0 Å². The summed E-state index contributed by atoms with van der Waals surface area (Å²) in [6.45, 7) is 7.92. The van der Waals surface area contributed by atoms with Crippen molar-refractivity contribution >= 4 is 0 Å². The zero-order chi connectivity index (χ0) is 13.1. The van der Waals surface area contributed by atoms with Crippen molar-refractivity contribution in [2.45, 2.75) is 47.1 Å². The van der Waals surface area contributed by atoms with Crippen molar-refractivity contribution in [1.29, 1.82) is 0 Å². The predicted octanol–water partition coefficient (Wildman–Crippen LogP) is 3.20. The van der Waals surface area contributed by atoms with Crippen molar-refractivity contribution < 1.29 is 23.0 Å². The second-order valence-electron chi connectivity index (χ2n) is 5.45. The summed E-state index contributed by atoms with van der Waals surface area (Å²) in [5.41, 5.74) is -0.306. The quantitative estimate of drug-likeness (QED) is 0.767. The Kier molecular flexibility index (Phi) is 5.26. The molecule has 0 heterocycles. The smallest absolute Gasteiger partial charge is 0.368 e. The third kappa shape index (κ3) is 5.70. The minimum Gasteiger partial charge on any atom is -0.368 e. The lowest BCUT2D eigenvalue weighted by Crippen LogP contribution is -2.39. The van der Waals surface area contributed by atoms with Crippen LogP contribution in [0.5, 0.6) is 0 Å². The highest BCUT2D eigenvalue weighted by Crippen LogP contribution is 2.35. The van der Waals surface area contributed by atoms with Crippen LogP contribution in [0.1, 0.15) is 34.6 Å². The number of hydrogen-bond acceptors (Lipinski definition) is 2. The van der Waals surface area contributed by atoms with E-state index in [-0.39, 0.29) is 17.3 Å². The molecular weight excluding hydrogens is 221 g/mol. The molecule has 2 unspecified atom stereocenters. The van der Waals surface area contributed by atoms with Crippen LogP contribution in [0.4, 0.5) is 13.2 Å². The van der Waals surface area contributed by atoms with Gasteiger partial charge in [0.05, 0.1) is 0 Å². The van der Waals surface area contributed by atoms with Gasteiger partial charge in [0.25, 0.3) is 0 Å². The number of aliphatic hydroxyl groups is 1. The number of aliphatic hydroxyl groups excluding tert-OH is 1. The van der Waals surface area contributed by atoms with Crippen LogP contribution in [0.25, 0.3) is 0 Å². The minimum absolute atomic E-state index is 0.0447. The largest absolute Gasteiger partial charge is 0.411 e. The van der Waals surface area contributed by atoms with Gasteiger partial charge < -0.3 is 9.84 Å². The van der Waals surface area contributed by atoms with Crippen LogP contribution in [0, 0.1) is 17.3 Å².